The Morgan fingerprint density at radius 1 is 1.44 bits per heavy atom. The zero-order valence-corrected chi connectivity index (χ0v) is 14.5. The highest BCUT2D eigenvalue weighted by atomic mass is 16.5. The van der Waals surface area contributed by atoms with Gasteiger partial charge in [0.1, 0.15) is 6.04 Å². The van der Waals surface area contributed by atoms with Gasteiger partial charge in [-0.3, -0.25) is 15.0 Å². The van der Waals surface area contributed by atoms with Crippen LogP contribution >= 0.6 is 0 Å². The second kappa shape index (κ2) is 8.22. The topological polar surface area (TPSA) is 97.3 Å². The predicted molar refractivity (Wildman–Crippen MR) is 93.5 cm³/mol. The Kier molecular flexibility index (Phi) is 5.78. The van der Waals surface area contributed by atoms with E-state index in [1.807, 2.05) is 37.3 Å². The standard InChI is InChI=1S/C18H25N5O2/c1-2-16-21-15(22-25-16)12-23-10-6-9-14(11-23)20-17(18(19)24)13-7-4-3-5-8-13/h3-5,7-8,14,17,20H,2,6,9-12H2,1H3,(H2,19,24)/t14-,17-/m1/s1. The fourth-order valence-electron chi connectivity index (χ4n) is 3.26. The summed E-state index contributed by atoms with van der Waals surface area (Å²) >= 11 is 0. The Morgan fingerprint density at radius 2 is 2.24 bits per heavy atom. The van der Waals surface area contributed by atoms with E-state index in [0.29, 0.717) is 18.3 Å². The second-order valence-corrected chi connectivity index (χ2v) is 6.44. The molecule has 0 saturated carbocycles. The number of nitrogens with zero attached hydrogens (tertiary/aromatic N) is 3. The number of aryl methyl sites for hydroxylation is 1. The lowest BCUT2D eigenvalue weighted by Gasteiger charge is -2.34. The van der Waals surface area contributed by atoms with E-state index < -0.39 is 6.04 Å². The van der Waals surface area contributed by atoms with Crippen LogP contribution in [-0.4, -0.2) is 40.1 Å². The minimum atomic E-state index is -0.469. The third kappa shape index (κ3) is 4.64. The smallest absolute Gasteiger partial charge is 0.239 e. The van der Waals surface area contributed by atoms with Gasteiger partial charge in [0.05, 0.1) is 6.54 Å². The molecular formula is C18H25N5O2. The number of hydrogen-bond acceptors (Lipinski definition) is 6. The SMILES string of the molecule is CCc1nc(CN2CCC[C@@H](N[C@@H](C(N)=O)c3ccccc3)C2)no1. The van der Waals surface area contributed by atoms with E-state index in [0.717, 1.165) is 37.9 Å². The fourth-order valence-corrected chi connectivity index (χ4v) is 3.26. The lowest BCUT2D eigenvalue weighted by molar-refractivity contribution is -0.120. The fraction of sp³-hybridized carbons (Fsp3) is 0.500. The van der Waals surface area contributed by atoms with Crippen molar-refractivity contribution in [2.45, 2.75) is 44.8 Å². The van der Waals surface area contributed by atoms with Crippen molar-refractivity contribution in [2.75, 3.05) is 13.1 Å². The minimum absolute atomic E-state index is 0.198. The van der Waals surface area contributed by atoms with Gasteiger partial charge in [-0.25, -0.2) is 0 Å². The Balaban J connectivity index is 1.61. The molecule has 3 rings (SSSR count). The number of likely N-dealkylation sites (tertiary alicyclic amines) is 1. The van der Waals surface area contributed by atoms with Crippen LogP contribution in [0.1, 0.15) is 43.1 Å². The highest BCUT2D eigenvalue weighted by Gasteiger charge is 2.26. The van der Waals surface area contributed by atoms with Gasteiger partial charge in [-0.05, 0) is 24.9 Å². The molecule has 0 bridgehead atoms. The molecule has 0 unspecified atom stereocenters. The number of amides is 1. The molecule has 2 aromatic rings. The highest BCUT2D eigenvalue weighted by molar-refractivity contribution is 5.81. The Bertz CT molecular complexity index is 688. The van der Waals surface area contributed by atoms with Gasteiger partial charge in [0.25, 0.3) is 0 Å². The van der Waals surface area contributed by atoms with E-state index in [-0.39, 0.29) is 11.9 Å². The maximum Gasteiger partial charge on any atom is 0.239 e. The van der Waals surface area contributed by atoms with Crippen molar-refractivity contribution in [3.8, 4) is 0 Å². The number of nitrogens with two attached hydrogens (primary N) is 1. The van der Waals surface area contributed by atoms with Crippen LogP contribution in [0.4, 0.5) is 0 Å². The first kappa shape index (κ1) is 17.6. The highest BCUT2D eigenvalue weighted by Crippen LogP contribution is 2.18. The molecule has 3 N–H and O–H groups in total. The molecule has 2 heterocycles. The second-order valence-electron chi connectivity index (χ2n) is 6.44. The molecule has 25 heavy (non-hydrogen) atoms. The predicted octanol–water partition coefficient (Wildman–Crippen LogP) is 1.41. The van der Waals surface area contributed by atoms with Crippen LogP contribution in [0.15, 0.2) is 34.9 Å². The summed E-state index contributed by atoms with van der Waals surface area (Å²) in [6.07, 6.45) is 2.81. The number of hydrogen-bond donors (Lipinski definition) is 2. The number of carbonyl (C=O) groups is 1. The quantitative estimate of drug-likeness (QED) is 0.789. The molecule has 1 aliphatic rings. The summed E-state index contributed by atoms with van der Waals surface area (Å²) in [6, 6.07) is 9.35. The van der Waals surface area contributed by atoms with E-state index in [1.54, 1.807) is 0 Å². The largest absolute Gasteiger partial charge is 0.368 e. The van der Waals surface area contributed by atoms with E-state index in [1.165, 1.54) is 0 Å². The van der Waals surface area contributed by atoms with Crippen LogP contribution in [0.2, 0.25) is 0 Å². The third-order valence-electron chi connectivity index (χ3n) is 4.50. The summed E-state index contributed by atoms with van der Waals surface area (Å²) in [5.74, 6) is 1.03. The zero-order valence-electron chi connectivity index (χ0n) is 14.5. The van der Waals surface area contributed by atoms with Crippen molar-refractivity contribution in [3.63, 3.8) is 0 Å². The maximum atomic E-state index is 11.9. The van der Waals surface area contributed by atoms with Gasteiger partial charge in [0.15, 0.2) is 5.82 Å². The molecule has 1 amide bonds. The van der Waals surface area contributed by atoms with Crippen molar-refractivity contribution in [3.05, 3.63) is 47.6 Å². The minimum Gasteiger partial charge on any atom is -0.368 e. The number of benzene rings is 1. The van der Waals surface area contributed by atoms with Crippen LogP contribution in [0.5, 0.6) is 0 Å². The molecule has 1 aromatic heterocycles. The number of primary amides is 1. The van der Waals surface area contributed by atoms with Gasteiger partial charge in [-0.1, -0.05) is 42.4 Å². The average Bonchev–Trinajstić information content (AvgIpc) is 3.08. The summed E-state index contributed by atoms with van der Waals surface area (Å²) in [4.78, 5) is 18.6. The molecule has 0 radical (unpaired) electrons. The van der Waals surface area contributed by atoms with Gasteiger partial charge in [-0.2, -0.15) is 4.98 Å². The van der Waals surface area contributed by atoms with E-state index in [4.69, 9.17) is 10.3 Å². The van der Waals surface area contributed by atoms with E-state index >= 15 is 0 Å². The van der Waals surface area contributed by atoms with Gasteiger partial charge in [0, 0.05) is 19.0 Å². The van der Waals surface area contributed by atoms with E-state index in [9.17, 15) is 4.79 Å². The third-order valence-corrected chi connectivity index (χ3v) is 4.50. The number of carbonyl (C=O) groups excluding carboxylic acids is 1. The van der Waals surface area contributed by atoms with Crippen LogP contribution in [-0.2, 0) is 17.8 Å². The van der Waals surface area contributed by atoms with Crippen LogP contribution in [0.3, 0.4) is 0 Å². The molecule has 1 aliphatic heterocycles. The first-order valence-corrected chi connectivity index (χ1v) is 8.80. The zero-order chi connectivity index (χ0) is 17.6. The normalized spacial score (nSPS) is 19.6. The Labute approximate surface area is 147 Å². The summed E-state index contributed by atoms with van der Waals surface area (Å²) in [5.41, 5.74) is 6.52. The van der Waals surface area contributed by atoms with Crippen molar-refractivity contribution in [2.24, 2.45) is 5.73 Å². The lowest BCUT2D eigenvalue weighted by Crippen LogP contribution is -2.49. The molecule has 0 spiro atoms. The van der Waals surface area contributed by atoms with Crippen molar-refractivity contribution >= 4 is 5.91 Å². The van der Waals surface area contributed by atoms with Crippen LogP contribution in [0, 0.1) is 0 Å². The molecule has 1 aromatic carbocycles. The molecule has 2 atom stereocenters. The lowest BCUT2D eigenvalue weighted by atomic mass is 10.0. The molecule has 7 nitrogen and oxygen atoms in total. The van der Waals surface area contributed by atoms with Gasteiger partial charge in [0.2, 0.25) is 11.8 Å². The molecule has 1 saturated heterocycles. The molecule has 0 aliphatic carbocycles. The first-order chi connectivity index (χ1) is 12.2. The van der Waals surface area contributed by atoms with Crippen LogP contribution in [0.25, 0.3) is 0 Å². The summed E-state index contributed by atoms with van der Waals surface area (Å²) in [7, 11) is 0. The summed E-state index contributed by atoms with van der Waals surface area (Å²) in [5, 5.41) is 7.44. The van der Waals surface area contributed by atoms with Gasteiger partial charge >= 0.3 is 0 Å². The number of piperidine rings is 1. The van der Waals surface area contributed by atoms with Gasteiger partial charge in [-0.15, -0.1) is 0 Å². The molecule has 134 valence electrons. The number of rotatable bonds is 7. The summed E-state index contributed by atoms with van der Waals surface area (Å²) < 4.78 is 5.17. The summed E-state index contributed by atoms with van der Waals surface area (Å²) in [6.45, 7) is 4.47. The van der Waals surface area contributed by atoms with Crippen LogP contribution < -0.4 is 11.1 Å². The first-order valence-electron chi connectivity index (χ1n) is 8.80. The molecule has 1 fully saturated rings. The van der Waals surface area contributed by atoms with Crippen molar-refractivity contribution < 1.29 is 9.32 Å². The molecular weight excluding hydrogens is 318 g/mol. The van der Waals surface area contributed by atoms with Gasteiger partial charge < -0.3 is 10.3 Å². The van der Waals surface area contributed by atoms with Crippen molar-refractivity contribution in [1.82, 2.24) is 20.4 Å². The Morgan fingerprint density at radius 3 is 2.92 bits per heavy atom. The monoisotopic (exact) mass is 343 g/mol. The molecule has 7 heteroatoms. The van der Waals surface area contributed by atoms with E-state index in [2.05, 4.69) is 20.4 Å². The van der Waals surface area contributed by atoms with Crippen molar-refractivity contribution in [1.29, 1.82) is 0 Å². The average molecular weight is 343 g/mol. The number of nitrogens with one attached hydrogen (secondary N) is 1. The maximum absolute atomic E-state index is 11.9. The number of aromatic nitrogens is 2. The Hall–Kier alpha value is -2.25.